The van der Waals surface area contributed by atoms with E-state index in [0.29, 0.717) is 27.4 Å². The molecule has 0 radical (unpaired) electrons. The number of nitrogens with zero attached hydrogens (tertiary/aromatic N) is 3. The maximum atomic E-state index is 12.6. The normalized spacial score (nSPS) is 11.1. The van der Waals surface area contributed by atoms with E-state index in [0.717, 1.165) is 10.1 Å². The van der Waals surface area contributed by atoms with Gasteiger partial charge in [0.2, 0.25) is 0 Å². The molecular formula is C20H12N4O6S. The van der Waals surface area contributed by atoms with Crippen molar-refractivity contribution in [3.8, 4) is 17.4 Å². The van der Waals surface area contributed by atoms with Gasteiger partial charge in [0.1, 0.15) is 0 Å². The summed E-state index contributed by atoms with van der Waals surface area (Å²) in [5, 5.41) is 22.6. The van der Waals surface area contributed by atoms with Gasteiger partial charge in [-0.05, 0) is 24.3 Å². The molecular weight excluding hydrogens is 424 g/mol. The number of methoxy groups -OCH3 is 1. The Labute approximate surface area is 177 Å². The molecule has 0 saturated heterocycles. The number of nitro benzene ring substituents is 1. The Morgan fingerprint density at radius 2 is 2.00 bits per heavy atom. The molecule has 2 aromatic carbocycles. The quantitative estimate of drug-likeness (QED) is 0.305. The van der Waals surface area contributed by atoms with Crippen molar-refractivity contribution in [1.29, 1.82) is 0 Å². The number of hydrogen-bond acceptors (Lipinski definition) is 9. The van der Waals surface area contributed by atoms with Crippen LogP contribution >= 0.6 is 11.3 Å². The molecule has 0 aliphatic carbocycles. The van der Waals surface area contributed by atoms with Gasteiger partial charge in [-0.15, -0.1) is 16.4 Å². The predicted molar refractivity (Wildman–Crippen MR) is 112 cm³/mol. The van der Waals surface area contributed by atoms with Crippen molar-refractivity contribution in [3.05, 3.63) is 63.5 Å². The predicted octanol–water partition coefficient (Wildman–Crippen LogP) is 4.87. The van der Waals surface area contributed by atoms with E-state index < -0.39 is 10.8 Å². The summed E-state index contributed by atoms with van der Waals surface area (Å²) in [6.45, 7) is 0. The summed E-state index contributed by atoms with van der Waals surface area (Å²) < 4.78 is 17.3. The largest absolute Gasteiger partial charge is 0.493 e. The van der Waals surface area contributed by atoms with Crippen LogP contribution in [-0.2, 0) is 0 Å². The molecule has 5 rings (SSSR count). The van der Waals surface area contributed by atoms with Crippen LogP contribution in [0.2, 0.25) is 0 Å². The minimum atomic E-state index is -0.482. The van der Waals surface area contributed by atoms with E-state index in [9.17, 15) is 14.9 Å². The molecule has 0 spiro atoms. The highest BCUT2D eigenvalue weighted by Gasteiger charge is 2.19. The van der Waals surface area contributed by atoms with Crippen LogP contribution in [0.15, 0.2) is 57.4 Å². The molecule has 1 N–H and O–H groups in total. The van der Waals surface area contributed by atoms with E-state index >= 15 is 0 Å². The molecule has 0 atom stereocenters. The molecule has 0 fully saturated rings. The van der Waals surface area contributed by atoms with Crippen LogP contribution in [0.3, 0.4) is 0 Å². The number of ether oxygens (including phenoxy) is 1. The molecule has 3 heterocycles. The van der Waals surface area contributed by atoms with Gasteiger partial charge < -0.3 is 13.6 Å². The average Bonchev–Trinajstić information content (AvgIpc) is 3.49. The number of hydrogen-bond donors (Lipinski definition) is 1. The van der Waals surface area contributed by atoms with Crippen LogP contribution in [0.4, 0.5) is 11.7 Å². The van der Waals surface area contributed by atoms with E-state index in [-0.39, 0.29) is 17.6 Å². The van der Waals surface area contributed by atoms with Gasteiger partial charge in [0.05, 0.1) is 16.9 Å². The fraction of sp³-hybridized carbons (Fsp3) is 0.0500. The van der Waals surface area contributed by atoms with Crippen molar-refractivity contribution in [3.63, 3.8) is 0 Å². The fourth-order valence-corrected chi connectivity index (χ4v) is 4.03. The molecule has 0 aliphatic heterocycles. The van der Waals surface area contributed by atoms with Crippen LogP contribution in [0, 0.1) is 10.1 Å². The monoisotopic (exact) mass is 436 g/mol. The van der Waals surface area contributed by atoms with Crippen LogP contribution in [-0.4, -0.2) is 28.1 Å². The van der Waals surface area contributed by atoms with Crippen molar-refractivity contribution in [2.45, 2.75) is 0 Å². The maximum absolute atomic E-state index is 12.6. The lowest BCUT2D eigenvalue weighted by Gasteiger charge is -1.98. The van der Waals surface area contributed by atoms with Gasteiger partial charge >= 0.3 is 6.01 Å². The Morgan fingerprint density at radius 1 is 1.13 bits per heavy atom. The van der Waals surface area contributed by atoms with E-state index in [1.54, 1.807) is 31.4 Å². The molecule has 154 valence electrons. The van der Waals surface area contributed by atoms with E-state index in [1.165, 1.54) is 23.5 Å². The molecule has 3 aromatic heterocycles. The van der Waals surface area contributed by atoms with Crippen LogP contribution in [0.25, 0.3) is 32.7 Å². The van der Waals surface area contributed by atoms with E-state index in [4.69, 9.17) is 13.6 Å². The molecule has 0 unspecified atom stereocenters. The second-order valence-electron chi connectivity index (χ2n) is 6.45. The first-order chi connectivity index (χ1) is 15.0. The van der Waals surface area contributed by atoms with Crippen LogP contribution in [0.1, 0.15) is 9.67 Å². The summed E-state index contributed by atoms with van der Waals surface area (Å²) in [6.07, 6.45) is 0. The Kier molecular flexibility index (Phi) is 4.37. The number of nitro groups is 1. The summed E-state index contributed by atoms with van der Waals surface area (Å²) in [6, 6.07) is 13.1. The highest BCUT2D eigenvalue weighted by atomic mass is 32.1. The van der Waals surface area contributed by atoms with Crippen LogP contribution in [0.5, 0.6) is 5.75 Å². The third kappa shape index (κ3) is 3.36. The van der Waals surface area contributed by atoms with Gasteiger partial charge in [-0.3, -0.25) is 20.2 Å². The second-order valence-corrected chi connectivity index (χ2v) is 7.53. The first kappa shape index (κ1) is 18.8. The lowest BCUT2D eigenvalue weighted by atomic mass is 10.2. The minimum Gasteiger partial charge on any atom is -0.493 e. The molecule has 10 nitrogen and oxygen atoms in total. The number of carbonyl (C=O) groups excluding carboxylic acids is 1. The highest BCUT2D eigenvalue weighted by Crippen LogP contribution is 2.33. The highest BCUT2D eigenvalue weighted by molar-refractivity contribution is 7.20. The average molecular weight is 436 g/mol. The summed E-state index contributed by atoms with van der Waals surface area (Å²) in [4.78, 5) is 23.4. The third-order valence-electron chi connectivity index (χ3n) is 4.52. The number of fused-ring (bicyclic) bond motifs is 2. The molecule has 0 saturated carbocycles. The third-order valence-corrected chi connectivity index (χ3v) is 5.63. The Bertz CT molecular complexity index is 1470. The van der Waals surface area contributed by atoms with Gasteiger partial charge in [-0.1, -0.05) is 17.2 Å². The smallest absolute Gasteiger partial charge is 0.322 e. The summed E-state index contributed by atoms with van der Waals surface area (Å²) in [7, 11) is 1.55. The lowest BCUT2D eigenvalue weighted by molar-refractivity contribution is -0.384. The van der Waals surface area contributed by atoms with Crippen molar-refractivity contribution >= 4 is 50.0 Å². The second kappa shape index (κ2) is 7.22. The van der Waals surface area contributed by atoms with Crippen molar-refractivity contribution in [2.75, 3.05) is 12.4 Å². The number of nitrogens with one attached hydrogen (secondary N) is 1. The number of para-hydroxylation sites is 1. The maximum Gasteiger partial charge on any atom is 0.322 e. The number of rotatable bonds is 5. The zero-order valence-electron chi connectivity index (χ0n) is 15.8. The number of benzene rings is 2. The zero-order valence-corrected chi connectivity index (χ0v) is 16.6. The van der Waals surface area contributed by atoms with Crippen LogP contribution < -0.4 is 10.1 Å². The Morgan fingerprint density at radius 3 is 2.81 bits per heavy atom. The molecule has 0 bridgehead atoms. The number of furan rings is 1. The SMILES string of the molecule is COc1cccc2cc(-c3nnc(NC(=O)c4cc5cc([N+](=O)[O-])ccc5s4)o3)oc12. The molecule has 11 heteroatoms. The minimum absolute atomic E-state index is 0.0405. The van der Waals surface area contributed by atoms with Gasteiger partial charge in [0.25, 0.3) is 17.5 Å². The van der Waals surface area contributed by atoms with Gasteiger partial charge in [0, 0.05) is 27.6 Å². The summed E-state index contributed by atoms with van der Waals surface area (Å²) >= 11 is 1.20. The molecule has 1 amide bonds. The Hall–Kier alpha value is -4.25. The topological polar surface area (TPSA) is 134 Å². The lowest BCUT2D eigenvalue weighted by Crippen LogP contribution is -2.10. The van der Waals surface area contributed by atoms with Gasteiger partial charge in [0.15, 0.2) is 17.1 Å². The first-order valence-electron chi connectivity index (χ1n) is 8.91. The summed E-state index contributed by atoms with van der Waals surface area (Å²) in [5.41, 5.74) is 0.504. The Balaban J connectivity index is 1.39. The summed E-state index contributed by atoms with van der Waals surface area (Å²) in [5.74, 6) is 0.536. The number of amides is 1. The number of anilines is 1. The van der Waals surface area contributed by atoms with E-state index in [2.05, 4.69) is 15.5 Å². The first-order valence-corrected chi connectivity index (χ1v) is 9.73. The molecule has 31 heavy (non-hydrogen) atoms. The van der Waals surface area contributed by atoms with E-state index in [1.807, 2.05) is 12.1 Å². The fourth-order valence-electron chi connectivity index (χ4n) is 3.09. The number of thiophene rings is 1. The van der Waals surface area contributed by atoms with Crippen molar-refractivity contribution < 1.29 is 23.3 Å². The number of carbonyl (C=O) groups is 1. The number of aromatic nitrogens is 2. The standard InChI is InChI=1S/C20H12N4O6S/c1-28-13-4-2-3-10-8-14(29-17(10)13)19-22-23-20(30-19)21-18(25)16-9-11-7-12(24(26)27)5-6-15(11)31-16/h2-9H,1H3,(H,21,23,25). The zero-order chi connectivity index (χ0) is 21.5. The van der Waals surface area contributed by atoms with Gasteiger partial charge in [-0.25, -0.2) is 0 Å². The molecule has 5 aromatic rings. The van der Waals surface area contributed by atoms with Gasteiger partial charge in [-0.2, -0.15) is 0 Å². The molecule has 0 aliphatic rings. The number of non-ortho nitro benzene ring substituents is 1. The van der Waals surface area contributed by atoms with Crippen molar-refractivity contribution in [2.24, 2.45) is 0 Å². The van der Waals surface area contributed by atoms with Crippen molar-refractivity contribution in [1.82, 2.24) is 10.2 Å².